The molecule has 9 heteroatoms. The molecule has 1 saturated heterocycles. The molecule has 4 rings (SSSR count). The van der Waals surface area contributed by atoms with Crippen molar-refractivity contribution in [3.63, 3.8) is 0 Å². The third-order valence-electron chi connectivity index (χ3n) is 5.20. The number of carbonyl (C=O) groups is 2. The number of hydrogen-bond donors (Lipinski definition) is 2. The van der Waals surface area contributed by atoms with Crippen molar-refractivity contribution in [2.75, 3.05) is 11.9 Å². The van der Waals surface area contributed by atoms with Crippen LogP contribution < -0.4 is 5.32 Å². The van der Waals surface area contributed by atoms with E-state index in [2.05, 4.69) is 10.4 Å². The lowest BCUT2D eigenvalue weighted by Gasteiger charge is -2.33. The van der Waals surface area contributed by atoms with Gasteiger partial charge in [0, 0.05) is 18.3 Å². The van der Waals surface area contributed by atoms with Crippen LogP contribution in [0.3, 0.4) is 0 Å². The first-order valence-electron chi connectivity index (χ1n) is 8.88. The highest BCUT2D eigenvalue weighted by Gasteiger charge is 2.40. The van der Waals surface area contributed by atoms with Crippen molar-refractivity contribution >= 4 is 40.9 Å². The molecule has 0 spiro atoms. The minimum atomic E-state index is -0.987. The second kappa shape index (κ2) is 7.14. The number of anilines is 1. The van der Waals surface area contributed by atoms with Gasteiger partial charge in [-0.1, -0.05) is 29.3 Å². The van der Waals surface area contributed by atoms with E-state index < -0.39 is 18.1 Å². The van der Waals surface area contributed by atoms with Crippen molar-refractivity contribution in [2.24, 2.45) is 0 Å². The number of aromatic nitrogens is 2. The number of amides is 1. The van der Waals surface area contributed by atoms with Crippen LogP contribution in [0.5, 0.6) is 0 Å². The molecule has 28 heavy (non-hydrogen) atoms. The van der Waals surface area contributed by atoms with Crippen molar-refractivity contribution in [2.45, 2.75) is 31.8 Å². The average molecular weight is 421 g/mol. The van der Waals surface area contributed by atoms with Crippen LogP contribution in [-0.4, -0.2) is 44.3 Å². The van der Waals surface area contributed by atoms with Gasteiger partial charge >= 0.3 is 5.97 Å². The summed E-state index contributed by atoms with van der Waals surface area (Å²) in [6.07, 6.45) is 2.75. The van der Waals surface area contributed by atoms with E-state index in [9.17, 15) is 14.7 Å². The highest BCUT2D eigenvalue weighted by atomic mass is 35.5. The zero-order valence-corrected chi connectivity index (χ0v) is 16.5. The lowest BCUT2D eigenvalue weighted by atomic mass is 9.94. The number of carboxylic acid groups (broad SMARTS) is 1. The number of likely N-dealkylation sites (tertiary alicyclic amines) is 1. The SMILES string of the molecule is CC1=C(C(=O)N2CCCC2C(=O)O)C(c2ccc(Cl)c(Cl)c2)n2nccc2N1. The molecule has 2 unspecified atom stereocenters. The maximum absolute atomic E-state index is 13.5. The molecule has 2 aliphatic heterocycles. The third-order valence-corrected chi connectivity index (χ3v) is 5.94. The summed E-state index contributed by atoms with van der Waals surface area (Å²) in [5.41, 5.74) is 1.85. The monoisotopic (exact) mass is 420 g/mol. The second-order valence-electron chi connectivity index (χ2n) is 6.90. The molecular weight excluding hydrogens is 403 g/mol. The number of fused-ring (bicyclic) bond motifs is 1. The molecule has 7 nitrogen and oxygen atoms in total. The molecule has 0 saturated carbocycles. The smallest absolute Gasteiger partial charge is 0.326 e. The van der Waals surface area contributed by atoms with Crippen molar-refractivity contribution in [3.8, 4) is 0 Å². The first-order chi connectivity index (χ1) is 13.4. The van der Waals surface area contributed by atoms with Crippen molar-refractivity contribution in [3.05, 3.63) is 57.3 Å². The standard InChI is InChI=1S/C19H18Cl2N4O3/c1-10-16(18(26)24-8-2-3-14(24)19(27)28)17(25-15(23-10)6-7-22-25)11-4-5-12(20)13(21)9-11/h4-7,9,14,17,23H,2-3,8H2,1H3,(H,27,28). The predicted octanol–water partition coefficient (Wildman–Crippen LogP) is 3.55. The van der Waals surface area contributed by atoms with Gasteiger partial charge in [-0.3, -0.25) is 4.79 Å². The summed E-state index contributed by atoms with van der Waals surface area (Å²) in [5.74, 6) is -0.563. The molecule has 1 amide bonds. The molecule has 2 N–H and O–H groups in total. The average Bonchev–Trinajstić information content (AvgIpc) is 3.31. The quantitative estimate of drug-likeness (QED) is 0.792. The fraction of sp³-hybridized carbons (Fsp3) is 0.316. The molecule has 2 atom stereocenters. The van der Waals surface area contributed by atoms with Crippen molar-refractivity contribution in [1.82, 2.24) is 14.7 Å². The fourth-order valence-corrected chi connectivity index (χ4v) is 4.20. The van der Waals surface area contributed by atoms with Crippen LogP contribution in [0.15, 0.2) is 41.7 Å². The van der Waals surface area contributed by atoms with Crippen LogP contribution in [0.25, 0.3) is 0 Å². The number of aliphatic carboxylic acids is 1. The highest BCUT2D eigenvalue weighted by molar-refractivity contribution is 6.42. The first kappa shape index (κ1) is 18.8. The van der Waals surface area contributed by atoms with Crippen LogP contribution in [0.1, 0.15) is 31.4 Å². The Morgan fingerprint density at radius 1 is 1.25 bits per heavy atom. The highest BCUT2D eigenvalue weighted by Crippen LogP contribution is 2.39. The molecule has 3 heterocycles. The zero-order chi connectivity index (χ0) is 20.0. The molecule has 146 valence electrons. The number of allylic oxidation sites excluding steroid dienone is 1. The van der Waals surface area contributed by atoms with Gasteiger partial charge in [-0.25, -0.2) is 9.48 Å². The Morgan fingerprint density at radius 3 is 2.75 bits per heavy atom. The summed E-state index contributed by atoms with van der Waals surface area (Å²) in [7, 11) is 0. The lowest BCUT2D eigenvalue weighted by Crippen LogP contribution is -2.44. The maximum Gasteiger partial charge on any atom is 0.326 e. The van der Waals surface area contributed by atoms with Gasteiger partial charge in [-0.15, -0.1) is 0 Å². The molecule has 2 aromatic rings. The number of benzene rings is 1. The summed E-state index contributed by atoms with van der Waals surface area (Å²) in [6.45, 7) is 2.22. The van der Waals surface area contributed by atoms with E-state index in [-0.39, 0.29) is 5.91 Å². The summed E-state index contributed by atoms with van der Waals surface area (Å²) >= 11 is 12.3. The minimum absolute atomic E-state index is 0.313. The lowest BCUT2D eigenvalue weighted by molar-refractivity contribution is -0.147. The van der Waals surface area contributed by atoms with Gasteiger partial charge in [-0.2, -0.15) is 5.10 Å². The molecule has 1 aromatic heterocycles. The van der Waals surface area contributed by atoms with Gasteiger partial charge in [0.1, 0.15) is 17.9 Å². The van der Waals surface area contributed by atoms with E-state index in [1.165, 1.54) is 4.90 Å². The van der Waals surface area contributed by atoms with Crippen molar-refractivity contribution in [1.29, 1.82) is 0 Å². The van der Waals surface area contributed by atoms with Gasteiger partial charge in [0.15, 0.2) is 0 Å². The van der Waals surface area contributed by atoms with Gasteiger partial charge < -0.3 is 15.3 Å². The Hall–Kier alpha value is -2.51. The number of carboxylic acids is 1. The van der Waals surface area contributed by atoms with Gasteiger partial charge in [0.05, 0.1) is 21.8 Å². The van der Waals surface area contributed by atoms with Crippen LogP contribution >= 0.6 is 23.2 Å². The maximum atomic E-state index is 13.5. The number of nitrogens with zero attached hydrogens (tertiary/aromatic N) is 3. The number of hydrogen-bond acceptors (Lipinski definition) is 4. The van der Waals surface area contributed by atoms with E-state index in [1.807, 2.05) is 6.07 Å². The Bertz CT molecular complexity index is 1000. The molecular formula is C19H18Cl2N4O3. The number of nitrogens with one attached hydrogen (secondary N) is 1. The number of halogens is 2. The van der Waals surface area contributed by atoms with Gasteiger partial charge in [0.2, 0.25) is 0 Å². The summed E-state index contributed by atoms with van der Waals surface area (Å²) in [4.78, 5) is 26.5. The van der Waals surface area contributed by atoms with Crippen molar-refractivity contribution < 1.29 is 14.7 Å². The molecule has 0 aliphatic carbocycles. The van der Waals surface area contributed by atoms with E-state index >= 15 is 0 Å². The summed E-state index contributed by atoms with van der Waals surface area (Å²) in [6, 6.07) is 5.65. The van der Waals surface area contributed by atoms with E-state index in [1.54, 1.807) is 36.0 Å². The van der Waals surface area contributed by atoms with Crippen LogP contribution in [0.4, 0.5) is 5.82 Å². The predicted molar refractivity (Wildman–Crippen MR) is 106 cm³/mol. The van der Waals surface area contributed by atoms with E-state index in [0.29, 0.717) is 40.7 Å². The Labute approximate surface area is 171 Å². The Balaban J connectivity index is 1.82. The molecule has 0 bridgehead atoms. The van der Waals surface area contributed by atoms with E-state index in [4.69, 9.17) is 23.2 Å². The molecule has 2 aliphatic rings. The Kier molecular flexibility index (Phi) is 4.81. The number of carbonyl (C=O) groups excluding carboxylic acids is 1. The largest absolute Gasteiger partial charge is 0.480 e. The van der Waals surface area contributed by atoms with Crippen LogP contribution in [-0.2, 0) is 9.59 Å². The first-order valence-corrected chi connectivity index (χ1v) is 9.64. The second-order valence-corrected chi connectivity index (χ2v) is 7.71. The molecule has 1 fully saturated rings. The van der Waals surface area contributed by atoms with E-state index in [0.717, 1.165) is 11.4 Å². The topological polar surface area (TPSA) is 87.5 Å². The Morgan fingerprint density at radius 2 is 2.04 bits per heavy atom. The number of rotatable bonds is 3. The molecule has 1 aromatic carbocycles. The molecule has 0 radical (unpaired) electrons. The normalized spacial score (nSPS) is 21.5. The minimum Gasteiger partial charge on any atom is -0.480 e. The van der Waals surface area contributed by atoms with Gasteiger partial charge in [0.25, 0.3) is 5.91 Å². The van der Waals surface area contributed by atoms with Crippen LogP contribution in [0.2, 0.25) is 10.0 Å². The van der Waals surface area contributed by atoms with Gasteiger partial charge in [-0.05, 0) is 37.5 Å². The third kappa shape index (κ3) is 3.04. The fourth-order valence-electron chi connectivity index (χ4n) is 3.89. The zero-order valence-electron chi connectivity index (χ0n) is 15.0. The van der Waals surface area contributed by atoms with Crippen LogP contribution in [0, 0.1) is 0 Å². The summed E-state index contributed by atoms with van der Waals surface area (Å²) in [5, 5.41) is 17.8. The summed E-state index contributed by atoms with van der Waals surface area (Å²) < 4.78 is 1.70.